The second kappa shape index (κ2) is 11.0. The lowest BCUT2D eigenvalue weighted by molar-refractivity contribution is -0.137. The molecule has 0 unspecified atom stereocenters. The third-order valence-corrected chi connectivity index (χ3v) is 4.73. The minimum Gasteiger partial charge on any atom is -0.457 e. The maximum absolute atomic E-state index is 13.9. The molecule has 194 valence electrons. The fourth-order valence-corrected chi connectivity index (χ4v) is 3.11. The number of hydrogen-bond acceptors (Lipinski definition) is 5. The van der Waals surface area contributed by atoms with Gasteiger partial charge in [-0.2, -0.15) is 13.2 Å². The zero-order valence-corrected chi connectivity index (χ0v) is 19.6. The van der Waals surface area contributed by atoms with Crippen molar-refractivity contribution in [2.45, 2.75) is 6.18 Å². The Morgan fingerprint density at radius 1 is 0.946 bits per heavy atom. The number of ether oxygens (including phenoxy) is 2. The third-order valence-electron chi connectivity index (χ3n) is 4.73. The fraction of sp³-hybridized carbons (Fsp3) is 0.0870. The average Bonchev–Trinajstić information content (AvgIpc) is 3.21. The van der Waals surface area contributed by atoms with Gasteiger partial charge in [-0.25, -0.2) is 19.0 Å². The van der Waals surface area contributed by atoms with Crippen molar-refractivity contribution in [2.24, 2.45) is 0 Å². The van der Waals surface area contributed by atoms with Crippen molar-refractivity contribution in [1.82, 2.24) is 9.97 Å². The van der Waals surface area contributed by atoms with Crippen molar-refractivity contribution in [1.29, 1.82) is 0 Å². The number of alkyl halides is 3. The van der Waals surface area contributed by atoms with Crippen LogP contribution in [0.3, 0.4) is 0 Å². The van der Waals surface area contributed by atoms with Crippen molar-refractivity contribution in [2.75, 3.05) is 23.1 Å². The number of urea groups is 1. The maximum Gasteiger partial charge on any atom is 0.416 e. The Hall–Kier alpha value is -4.52. The smallest absolute Gasteiger partial charge is 0.416 e. The zero-order valence-electron chi connectivity index (χ0n) is 18.8. The molecule has 4 N–H and O–H groups in total. The van der Waals surface area contributed by atoms with E-state index in [1.807, 2.05) is 0 Å². The van der Waals surface area contributed by atoms with E-state index in [1.54, 1.807) is 30.3 Å². The van der Waals surface area contributed by atoms with Gasteiger partial charge in [0.25, 0.3) is 0 Å². The zero-order chi connectivity index (χ0) is 25.9. The highest BCUT2D eigenvalue weighted by atomic mass is 35.5. The Kier molecular flexibility index (Phi) is 8.07. The van der Waals surface area contributed by atoms with E-state index in [9.17, 15) is 27.2 Å². The Balaban J connectivity index is 0.00000380. The number of nitrogens with zero attached hydrogens (tertiary/aromatic N) is 1. The molecule has 1 aromatic heterocycles. The highest BCUT2D eigenvalue weighted by molar-refractivity contribution is 6.00. The van der Waals surface area contributed by atoms with Crippen LogP contribution in [-0.4, -0.2) is 29.2 Å². The van der Waals surface area contributed by atoms with E-state index in [-0.39, 0.29) is 24.0 Å². The molecule has 3 amide bonds. The molecule has 0 bridgehead atoms. The Bertz CT molecular complexity index is 1440. The molecule has 0 spiro atoms. The number of carbonyl (C=O) groups excluding carboxylic acids is 2. The van der Waals surface area contributed by atoms with Gasteiger partial charge in [0.1, 0.15) is 17.3 Å². The van der Waals surface area contributed by atoms with Gasteiger partial charge < -0.3 is 25.1 Å². The van der Waals surface area contributed by atoms with E-state index in [1.165, 1.54) is 19.2 Å². The maximum atomic E-state index is 13.9. The van der Waals surface area contributed by atoms with Crippen molar-refractivity contribution in [3.8, 4) is 11.5 Å². The van der Waals surface area contributed by atoms with E-state index in [2.05, 4.69) is 30.7 Å². The van der Waals surface area contributed by atoms with Crippen molar-refractivity contribution in [3.63, 3.8) is 0 Å². The van der Waals surface area contributed by atoms with Crippen LogP contribution in [-0.2, 0) is 10.9 Å². The number of aromatic amines is 1. The topological polar surface area (TPSA) is 117 Å². The molecule has 0 fully saturated rings. The molecule has 0 radical (unpaired) electrons. The first-order chi connectivity index (χ1) is 17.1. The number of anilines is 3. The average molecular weight is 540 g/mol. The summed E-state index contributed by atoms with van der Waals surface area (Å²) in [5.74, 6) is -0.106. The largest absolute Gasteiger partial charge is 0.457 e. The van der Waals surface area contributed by atoms with E-state index in [4.69, 9.17) is 4.74 Å². The van der Waals surface area contributed by atoms with E-state index >= 15 is 0 Å². The summed E-state index contributed by atoms with van der Waals surface area (Å²) in [7, 11) is 1.22. The van der Waals surface area contributed by atoms with Gasteiger partial charge in [-0.3, -0.25) is 5.32 Å². The lowest BCUT2D eigenvalue weighted by Crippen LogP contribution is -2.20. The monoisotopic (exact) mass is 539 g/mol. The van der Waals surface area contributed by atoms with Crippen LogP contribution in [0.1, 0.15) is 5.56 Å². The Morgan fingerprint density at radius 2 is 1.70 bits per heavy atom. The number of amides is 3. The van der Waals surface area contributed by atoms with Crippen molar-refractivity contribution >= 4 is 52.9 Å². The number of carbonyl (C=O) groups is 2. The molecular weight excluding hydrogens is 522 g/mol. The van der Waals surface area contributed by atoms with E-state index in [0.717, 1.165) is 0 Å². The molecule has 14 heteroatoms. The number of nitrogens with one attached hydrogen (secondary N) is 4. The van der Waals surface area contributed by atoms with Crippen molar-refractivity contribution < 1.29 is 36.6 Å². The predicted molar refractivity (Wildman–Crippen MR) is 130 cm³/mol. The van der Waals surface area contributed by atoms with Crippen LogP contribution >= 0.6 is 12.4 Å². The summed E-state index contributed by atoms with van der Waals surface area (Å²) in [5, 5.41) is 6.89. The second-order valence-electron chi connectivity index (χ2n) is 7.28. The molecule has 9 nitrogen and oxygen atoms in total. The normalized spacial score (nSPS) is 10.8. The number of fused-ring (bicyclic) bond motifs is 1. The predicted octanol–water partition coefficient (Wildman–Crippen LogP) is 6.76. The molecule has 37 heavy (non-hydrogen) atoms. The van der Waals surface area contributed by atoms with Gasteiger partial charge in [0.15, 0.2) is 0 Å². The minimum atomic E-state index is -4.69. The van der Waals surface area contributed by atoms with Gasteiger partial charge in [-0.15, -0.1) is 12.4 Å². The van der Waals surface area contributed by atoms with Gasteiger partial charge >= 0.3 is 18.3 Å². The number of H-pyrrole nitrogens is 1. The number of hydrogen-bond donors (Lipinski definition) is 4. The molecule has 0 saturated carbocycles. The van der Waals surface area contributed by atoms with Crippen LogP contribution in [0.2, 0.25) is 0 Å². The first-order valence-corrected chi connectivity index (χ1v) is 10.2. The van der Waals surface area contributed by atoms with Crippen LogP contribution < -0.4 is 20.7 Å². The molecule has 3 aromatic carbocycles. The van der Waals surface area contributed by atoms with Gasteiger partial charge in [-0.1, -0.05) is 6.07 Å². The number of methoxy groups -OCH3 is 1. The Morgan fingerprint density at radius 3 is 2.43 bits per heavy atom. The minimum absolute atomic E-state index is 0. The van der Waals surface area contributed by atoms with E-state index < -0.39 is 35.4 Å². The number of rotatable bonds is 5. The summed E-state index contributed by atoms with van der Waals surface area (Å²) >= 11 is 0. The highest BCUT2D eigenvalue weighted by Crippen LogP contribution is 2.32. The molecule has 0 aliphatic rings. The summed E-state index contributed by atoms with van der Waals surface area (Å²) in [6, 6.07) is 11.8. The van der Waals surface area contributed by atoms with E-state index in [0.29, 0.717) is 40.7 Å². The summed E-state index contributed by atoms with van der Waals surface area (Å²) in [6.45, 7) is 0. The van der Waals surface area contributed by atoms with Crippen molar-refractivity contribution in [3.05, 3.63) is 72.0 Å². The first-order valence-electron chi connectivity index (χ1n) is 10.2. The quantitative estimate of drug-likeness (QED) is 0.209. The molecule has 0 aliphatic heterocycles. The molecule has 0 atom stereocenters. The molecule has 4 aromatic rings. The molecule has 1 heterocycles. The standard InChI is InChI=1S/C23H17F4N5O4.ClH/c1-35-22(34)32-20-29-17-8-6-15(11-19(17)30-20)36-14-4-2-3-13(10-14)28-21(33)31-18-9-12(23(25,26)27)5-7-16(18)24;/h2-11H,1H3,(H2,28,31,33)(H2,29,30,32,34);1H. The lowest BCUT2D eigenvalue weighted by atomic mass is 10.2. The molecular formula is C23H18ClF4N5O4. The van der Waals surface area contributed by atoms with Crippen LogP contribution in [0.5, 0.6) is 11.5 Å². The number of halogens is 5. The van der Waals surface area contributed by atoms with Crippen LogP contribution in [0.15, 0.2) is 60.7 Å². The van der Waals surface area contributed by atoms with Crippen LogP contribution in [0.25, 0.3) is 11.0 Å². The number of benzene rings is 3. The molecule has 0 aliphatic carbocycles. The lowest BCUT2D eigenvalue weighted by Gasteiger charge is -2.12. The first kappa shape index (κ1) is 27.1. The number of imidazole rings is 1. The second-order valence-corrected chi connectivity index (χ2v) is 7.28. The van der Waals surface area contributed by atoms with Crippen LogP contribution in [0, 0.1) is 5.82 Å². The van der Waals surface area contributed by atoms with Gasteiger partial charge in [-0.05, 0) is 42.5 Å². The van der Waals surface area contributed by atoms with Gasteiger partial charge in [0.2, 0.25) is 5.95 Å². The fourth-order valence-electron chi connectivity index (χ4n) is 3.11. The molecule has 0 saturated heterocycles. The van der Waals surface area contributed by atoms with Gasteiger partial charge in [0, 0.05) is 17.8 Å². The van der Waals surface area contributed by atoms with Gasteiger partial charge in [0.05, 0.1) is 29.4 Å². The SMILES string of the molecule is COC(=O)Nc1nc2ccc(Oc3cccc(NC(=O)Nc4cc(C(F)(F)F)ccc4F)c3)cc2[nH]1.Cl. The summed E-state index contributed by atoms with van der Waals surface area (Å²) in [5.41, 5.74) is -0.358. The molecule has 4 rings (SSSR count). The summed E-state index contributed by atoms with van der Waals surface area (Å²) < 4.78 is 62.8. The summed E-state index contributed by atoms with van der Waals surface area (Å²) in [6.07, 6.45) is -5.38. The number of aromatic nitrogens is 2. The Labute approximate surface area is 212 Å². The highest BCUT2D eigenvalue weighted by Gasteiger charge is 2.31. The van der Waals surface area contributed by atoms with Crippen LogP contribution in [0.4, 0.5) is 44.5 Å². The third kappa shape index (κ3) is 6.79. The summed E-state index contributed by atoms with van der Waals surface area (Å²) in [4.78, 5) is 30.7.